The summed E-state index contributed by atoms with van der Waals surface area (Å²) in [6.07, 6.45) is 0. The van der Waals surface area contributed by atoms with Crippen LogP contribution in [0, 0.1) is 17.7 Å². The van der Waals surface area contributed by atoms with Crippen LogP contribution >= 0.6 is 0 Å². The van der Waals surface area contributed by atoms with E-state index >= 15 is 0 Å². The summed E-state index contributed by atoms with van der Waals surface area (Å²) in [6, 6.07) is 5.02. The lowest BCUT2D eigenvalue weighted by molar-refractivity contribution is -0.169. The van der Waals surface area contributed by atoms with Gasteiger partial charge in [0, 0.05) is 5.56 Å². The molecule has 1 aromatic carbocycles. The van der Waals surface area contributed by atoms with Crippen LogP contribution in [0.5, 0.6) is 0 Å². The van der Waals surface area contributed by atoms with E-state index in [1.807, 2.05) is 5.92 Å². The molecular weight excluding hydrogens is 278 g/mol. The Morgan fingerprint density at radius 1 is 1.10 bits per heavy atom. The summed E-state index contributed by atoms with van der Waals surface area (Å²) < 4.78 is 31.7. The van der Waals surface area contributed by atoms with Crippen molar-refractivity contribution in [2.24, 2.45) is 0 Å². The van der Waals surface area contributed by atoms with Crippen molar-refractivity contribution in [3.8, 4) is 11.8 Å². The van der Waals surface area contributed by atoms with Crippen molar-refractivity contribution < 1.29 is 23.1 Å². The van der Waals surface area contributed by atoms with Gasteiger partial charge in [0.15, 0.2) is 0 Å². The average Bonchev–Trinajstić information content (AvgIpc) is 2.35. The summed E-state index contributed by atoms with van der Waals surface area (Å²) in [5.74, 6) is 1.48. The molecule has 0 saturated carbocycles. The predicted molar refractivity (Wildman–Crippen MR) is 73.6 cm³/mol. The largest absolute Gasteiger partial charge is 0.457 e. The Hall–Kier alpha value is -2.22. The first-order valence-corrected chi connectivity index (χ1v) is 6.27. The van der Waals surface area contributed by atoms with Gasteiger partial charge in [-0.15, -0.1) is 0 Å². The number of carbonyl (C=O) groups excluding carboxylic acids is 2. The molecule has 5 heteroatoms. The molecule has 0 fully saturated rings. The van der Waals surface area contributed by atoms with Gasteiger partial charge >= 0.3 is 5.97 Å². The molecule has 0 N–H and O–H groups in total. The zero-order chi connectivity index (χ0) is 16.3. The number of ketones is 1. The normalized spacial score (nSPS) is 13.6. The van der Waals surface area contributed by atoms with Crippen molar-refractivity contribution in [3.63, 3.8) is 0 Å². The minimum atomic E-state index is -2.85. The molecule has 1 aromatic rings. The summed E-state index contributed by atoms with van der Waals surface area (Å²) in [5, 5.41) is 0. The standard InChI is InChI=1S/C16H16F2O3/c1-15(2,3)21-14(20)16(4,18)13(19)10-7-11-5-8-12(17)9-6-11/h5-6,8-9H,1-4H3. The van der Waals surface area contributed by atoms with E-state index in [1.54, 1.807) is 20.8 Å². The van der Waals surface area contributed by atoms with E-state index in [4.69, 9.17) is 4.74 Å². The van der Waals surface area contributed by atoms with E-state index in [9.17, 15) is 18.4 Å². The maximum Gasteiger partial charge on any atom is 0.353 e. The molecule has 0 heterocycles. The number of benzene rings is 1. The zero-order valence-electron chi connectivity index (χ0n) is 12.3. The van der Waals surface area contributed by atoms with Gasteiger partial charge in [-0.2, -0.15) is 0 Å². The third-order valence-electron chi connectivity index (χ3n) is 2.37. The number of halogens is 2. The molecule has 3 nitrogen and oxygen atoms in total. The molecule has 0 saturated heterocycles. The van der Waals surface area contributed by atoms with E-state index in [0.717, 1.165) is 19.1 Å². The van der Waals surface area contributed by atoms with Crippen LogP contribution in [0.25, 0.3) is 0 Å². The van der Waals surface area contributed by atoms with Crippen molar-refractivity contribution >= 4 is 11.8 Å². The van der Waals surface area contributed by atoms with E-state index in [-0.39, 0.29) is 0 Å². The van der Waals surface area contributed by atoms with Crippen LogP contribution < -0.4 is 0 Å². The number of hydrogen-bond donors (Lipinski definition) is 0. The molecule has 21 heavy (non-hydrogen) atoms. The molecule has 112 valence electrons. The second-order valence-electron chi connectivity index (χ2n) is 5.59. The summed E-state index contributed by atoms with van der Waals surface area (Å²) in [7, 11) is 0. The molecule has 1 rings (SSSR count). The second-order valence-corrected chi connectivity index (χ2v) is 5.59. The Morgan fingerprint density at radius 3 is 2.10 bits per heavy atom. The van der Waals surface area contributed by atoms with Crippen molar-refractivity contribution in [2.75, 3.05) is 0 Å². The predicted octanol–water partition coefficient (Wildman–Crippen LogP) is 2.82. The molecule has 0 aromatic heterocycles. The number of ether oxygens (including phenoxy) is 1. The van der Waals surface area contributed by atoms with Crippen molar-refractivity contribution in [1.82, 2.24) is 0 Å². The second kappa shape index (κ2) is 6.04. The first-order chi connectivity index (χ1) is 9.52. The highest BCUT2D eigenvalue weighted by molar-refractivity contribution is 6.15. The third kappa shape index (κ3) is 4.99. The Kier molecular flexibility index (Phi) is 4.84. The van der Waals surface area contributed by atoms with Crippen molar-refractivity contribution in [1.29, 1.82) is 0 Å². The topological polar surface area (TPSA) is 43.4 Å². The van der Waals surface area contributed by atoms with Gasteiger partial charge in [-0.3, -0.25) is 4.79 Å². The van der Waals surface area contributed by atoms with E-state index in [1.165, 1.54) is 12.1 Å². The number of esters is 1. The quantitative estimate of drug-likeness (QED) is 0.478. The highest BCUT2D eigenvalue weighted by Crippen LogP contribution is 2.18. The van der Waals surface area contributed by atoms with Gasteiger partial charge in [0.1, 0.15) is 11.4 Å². The van der Waals surface area contributed by atoms with Crippen LogP contribution in [0.3, 0.4) is 0 Å². The molecule has 0 aliphatic heterocycles. The fourth-order valence-electron chi connectivity index (χ4n) is 1.25. The summed E-state index contributed by atoms with van der Waals surface area (Å²) in [4.78, 5) is 23.4. The fraction of sp³-hybridized carbons (Fsp3) is 0.375. The van der Waals surface area contributed by atoms with E-state index in [2.05, 4.69) is 5.92 Å². The van der Waals surface area contributed by atoms with Gasteiger partial charge in [0.05, 0.1) is 0 Å². The van der Waals surface area contributed by atoms with Crippen LogP contribution in [0.2, 0.25) is 0 Å². The van der Waals surface area contributed by atoms with Gasteiger partial charge in [-0.05, 0) is 57.9 Å². The molecule has 0 radical (unpaired) electrons. The number of carbonyl (C=O) groups is 2. The fourth-order valence-corrected chi connectivity index (χ4v) is 1.25. The highest BCUT2D eigenvalue weighted by Gasteiger charge is 2.43. The first-order valence-electron chi connectivity index (χ1n) is 6.27. The van der Waals surface area contributed by atoms with Gasteiger partial charge < -0.3 is 4.74 Å². The molecule has 0 spiro atoms. The van der Waals surface area contributed by atoms with Crippen molar-refractivity contribution in [3.05, 3.63) is 35.6 Å². The van der Waals surface area contributed by atoms with Crippen LogP contribution in [-0.4, -0.2) is 23.0 Å². The first kappa shape index (κ1) is 16.8. The monoisotopic (exact) mass is 294 g/mol. The van der Waals surface area contributed by atoms with Crippen LogP contribution in [0.4, 0.5) is 8.78 Å². The maximum atomic E-state index is 14.2. The minimum Gasteiger partial charge on any atom is -0.457 e. The summed E-state index contributed by atoms with van der Waals surface area (Å²) in [6.45, 7) is 5.50. The summed E-state index contributed by atoms with van der Waals surface area (Å²) >= 11 is 0. The van der Waals surface area contributed by atoms with Gasteiger partial charge in [0.2, 0.25) is 0 Å². The Bertz CT molecular complexity index is 599. The molecule has 0 amide bonds. The molecule has 0 aliphatic carbocycles. The van der Waals surface area contributed by atoms with E-state index < -0.39 is 28.8 Å². The lowest BCUT2D eigenvalue weighted by atomic mass is 10.0. The smallest absolute Gasteiger partial charge is 0.353 e. The molecular formula is C16H16F2O3. The molecule has 0 aliphatic rings. The number of Topliss-reactive ketones (excluding diaryl/α,β-unsaturated/α-hetero) is 1. The van der Waals surface area contributed by atoms with Gasteiger partial charge in [0.25, 0.3) is 11.5 Å². The lowest BCUT2D eigenvalue weighted by Crippen LogP contribution is -2.43. The average molecular weight is 294 g/mol. The Labute approximate surface area is 122 Å². The molecule has 1 unspecified atom stereocenters. The third-order valence-corrected chi connectivity index (χ3v) is 2.37. The highest BCUT2D eigenvalue weighted by atomic mass is 19.1. The zero-order valence-corrected chi connectivity index (χ0v) is 12.3. The maximum absolute atomic E-state index is 14.2. The minimum absolute atomic E-state index is 0.338. The number of hydrogen-bond acceptors (Lipinski definition) is 3. The molecule has 1 atom stereocenters. The lowest BCUT2D eigenvalue weighted by Gasteiger charge is -2.23. The Balaban J connectivity index is 2.87. The number of rotatable bonds is 2. The summed E-state index contributed by atoms with van der Waals surface area (Å²) in [5.41, 5.74) is -3.42. The SMILES string of the molecule is CC(C)(C)OC(=O)C(C)(F)C(=O)C#Cc1ccc(F)cc1. The van der Waals surface area contributed by atoms with Crippen LogP contribution in [-0.2, 0) is 14.3 Å². The van der Waals surface area contributed by atoms with Crippen molar-refractivity contribution in [2.45, 2.75) is 39.0 Å². The van der Waals surface area contributed by atoms with Gasteiger partial charge in [-0.25, -0.2) is 13.6 Å². The molecule has 0 bridgehead atoms. The number of alkyl halides is 1. The van der Waals surface area contributed by atoms with Crippen LogP contribution in [0.1, 0.15) is 33.3 Å². The Morgan fingerprint density at radius 2 is 1.62 bits per heavy atom. The van der Waals surface area contributed by atoms with Crippen LogP contribution in [0.15, 0.2) is 24.3 Å². The van der Waals surface area contributed by atoms with E-state index in [0.29, 0.717) is 5.56 Å². The van der Waals surface area contributed by atoms with Gasteiger partial charge in [-0.1, -0.05) is 5.92 Å².